The second-order valence-electron chi connectivity index (χ2n) is 4.74. The van der Waals surface area contributed by atoms with Gasteiger partial charge in [0.15, 0.2) is 5.82 Å². The van der Waals surface area contributed by atoms with E-state index in [0.717, 1.165) is 40.7 Å². The molecule has 1 N–H and O–H groups in total. The predicted octanol–water partition coefficient (Wildman–Crippen LogP) is 2.16. The summed E-state index contributed by atoms with van der Waals surface area (Å²) in [6.45, 7) is 2.30. The lowest BCUT2D eigenvalue weighted by atomic mass is 10.1. The summed E-state index contributed by atoms with van der Waals surface area (Å²) < 4.78 is 2.98. The van der Waals surface area contributed by atoms with Crippen LogP contribution in [0.25, 0.3) is 6.08 Å². The van der Waals surface area contributed by atoms with Crippen LogP contribution in [0.4, 0.5) is 5.69 Å². The van der Waals surface area contributed by atoms with E-state index < -0.39 is 5.97 Å². The lowest BCUT2D eigenvalue weighted by Gasteiger charge is -2.30. The molecule has 0 fully saturated rings. The summed E-state index contributed by atoms with van der Waals surface area (Å²) in [6, 6.07) is 5.79. The van der Waals surface area contributed by atoms with Crippen molar-refractivity contribution in [2.24, 2.45) is 0 Å². The summed E-state index contributed by atoms with van der Waals surface area (Å²) in [5, 5.41) is 16.8. The molecule has 21 heavy (non-hydrogen) atoms. The number of fused-ring (bicyclic) bond motifs is 1. The van der Waals surface area contributed by atoms with Crippen molar-refractivity contribution in [2.45, 2.75) is 13.1 Å². The fourth-order valence-electron chi connectivity index (χ4n) is 2.36. The van der Waals surface area contributed by atoms with Gasteiger partial charge in [-0.25, -0.2) is 4.79 Å². The van der Waals surface area contributed by atoms with Crippen LogP contribution in [0.5, 0.6) is 0 Å². The highest BCUT2D eigenvalue weighted by Crippen LogP contribution is 2.28. The van der Waals surface area contributed by atoms with E-state index in [-0.39, 0.29) is 0 Å². The third-order valence-electron chi connectivity index (χ3n) is 3.38. The number of rotatable bonds is 3. The van der Waals surface area contributed by atoms with E-state index in [1.807, 2.05) is 22.8 Å². The minimum atomic E-state index is -0.956. The number of carboxylic acids is 1. The molecule has 0 saturated carbocycles. The molecular weight excluding hydrogens is 336 g/mol. The smallest absolute Gasteiger partial charge is 0.328 e. The predicted molar refractivity (Wildman–Crippen MR) is 81.9 cm³/mol. The van der Waals surface area contributed by atoms with Crippen LogP contribution in [0, 0.1) is 0 Å². The molecule has 1 aromatic carbocycles. The summed E-state index contributed by atoms with van der Waals surface area (Å²) in [5.41, 5.74) is 1.85. The van der Waals surface area contributed by atoms with Gasteiger partial charge in [-0.15, -0.1) is 10.2 Å². The van der Waals surface area contributed by atoms with Gasteiger partial charge in [0.25, 0.3) is 0 Å². The molecule has 0 spiro atoms. The molecule has 0 atom stereocenters. The van der Waals surface area contributed by atoms with Crippen molar-refractivity contribution in [2.75, 3.05) is 11.4 Å². The molecule has 0 radical (unpaired) electrons. The Kier molecular flexibility index (Phi) is 3.74. The number of carboxylic acid groups (broad SMARTS) is 1. The molecule has 0 saturated heterocycles. The SMILES string of the molecule is O=C(O)C=Cc1ccc(Br)cc1N1CCn2cnnc2C1. The van der Waals surface area contributed by atoms with Gasteiger partial charge in [0, 0.05) is 29.3 Å². The Balaban J connectivity index is 1.94. The lowest BCUT2D eigenvalue weighted by molar-refractivity contribution is -0.131. The molecule has 1 aliphatic rings. The molecule has 1 aliphatic heterocycles. The summed E-state index contributed by atoms with van der Waals surface area (Å²) in [5.74, 6) is -0.0448. The maximum absolute atomic E-state index is 10.7. The van der Waals surface area contributed by atoms with Crippen molar-refractivity contribution < 1.29 is 9.90 Å². The molecule has 7 heteroatoms. The van der Waals surface area contributed by atoms with Gasteiger partial charge in [-0.1, -0.05) is 22.0 Å². The second-order valence-corrected chi connectivity index (χ2v) is 5.65. The van der Waals surface area contributed by atoms with Crippen LogP contribution in [-0.4, -0.2) is 32.4 Å². The van der Waals surface area contributed by atoms with E-state index >= 15 is 0 Å². The topological polar surface area (TPSA) is 71.2 Å². The third kappa shape index (κ3) is 2.97. The van der Waals surface area contributed by atoms with Crippen LogP contribution >= 0.6 is 15.9 Å². The zero-order chi connectivity index (χ0) is 14.8. The number of anilines is 1. The summed E-state index contributed by atoms with van der Waals surface area (Å²) in [4.78, 5) is 12.9. The van der Waals surface area contributed by atoms with Crippen molar-refractivity contribution in [1.82, 2.24) is 14.8 Å². The standard InChI is InChI=1S/C14H13BrN4O2/c15-11-3-1-10(2-4-14(20)21)12(7-11)18-5-6-19-9-16-17-13(19)8-18/h1-4,7,9H,5-6,8H2,(H,20,21). The van der Waals surface area contributed by atoms with Crippen molar-refractivity contribution in [3.05, 3.63) is 46.5 Å². The molecule has 1 aromatic heterocycles. The van der Waals surface area contributed by atoms with Crippen LogP contribution in [0.2, 0.25) is 0 Å². The van der Waals surface area contributed by atoms with Gasteiger partial charge in [-0.05, 0) is 23.8 Å². The van der Waals surface area contributed by atoms with Gasteiger partial charge in [-0.3, -0.25) is 0 Å². The van der Waals surface area contributed by atoms with Crippen LogP contribution in [0.15, 0.2) is 35.1 Å². The van der Waals surface area contributed by atoms with Crippen molar-refractivity contribution in [3.8, 4) is 0 Å². The zero-order valence-electron chi connectivity index (χ0n) is 11.1. The van der Waals surface area contributed by atoms with E-state index in [0.29, 0.717) is 6.54 Å². The number of carbonyl (C=O) groups is 1. The van der Waals surface area contributed by atoms with Crippen molar-refractivity contribution in [1.29, 1.82) is 0 Å². The molecule has 6 nitrogen and oxygen atoms in total. The van der Waals surface area contributed by atoms with E-state index in [9.17, 15) is 4.79 Å². The van der Waals surface area contributed by atoms with E-state index in [2.05, 4.69) is 31.0 Å². The van der Waals surface area contributed by atoms with E-state index in [1.54, 1.807) is 12.4 Å². The van der Waals surface area contributed by atoms with Gasteiger partial charge >= 0.3 is 5.97 Å². The maximum atomic E-state index is 10.7. The van der Waals surface area contributed by atoms with Gasteiger partial charge in [0.05, 0.1) is 6.54 Å². The first-order valence-electron chi connectivity index (χ1n) is 6.45. The summed E-state index contributed by atoms with van der Waals surface area (Å²) in [6.07, 6.45) is 4.50. The zero-order valence-corrected chi connectivity index (χ0v) is 12.7. The average Bonchev–Trinajstić information content (AvgIpc) is 2.93. The molecule has 0 aliphatic carbocycles. The highest BCUT2D eigenvalue weighted by Gasteiger charge is 2.19. The van der Waals surface area contributed by atoms with E-state index in [4.69, 9.17) is 5.11 Å². The minimum Gasteiger partial charge on any atom is -0.478 e. The second kappa shape index (κ2) is 5.69. The van der Waals surface area contributed by atoms with Gasteiger partial charge in [0.2, 0.25) is 0 Å². The molecule has 0 unspecified atom stereocenters. The Morgan fingerprint density at radius 3 is 3.05 bits per heavy atom. The number of nitrogens with zero attached hydrogens (tertiary/aromatic N) is 4. The van der Waals surface area contributed by atoms with E-state index in [1.165, 1.54) is 0 Å². The Bertz CT molecular complexity index is 711. The van der Waals surface area contributed by atoms with Gasteiger partial charge in [-0.2, -0.15) is 0 Å². The maximum Gasteiger partial charge on any atom is 0.328 e. The fourth-order valence-corrected chi connectivity index (χ4v) is 2.71. The highest BCUT2D eigenvalue weighted by molar-refractivity contribution is 9.10. The molecule has 0 amide bonds. The molecule has 108 valence electrons. The van der Waals surface area contributed by atoms with Crippen molar-refractivity contribution in [3.63, 3.8) is 0 Å². The molecular formula is C14H13BrN4O2. The minimum absolute atomic E-state index is 0.657. The number of aromatic nitrogens is 3. The summed E-state index contributed by atoms with van der Waals surface area (Å²) >= 11 is 3.47. The highest BCUT2D eigenvalue weighted by atomic mass is 79.9. The van der Waals surface area contributed by atoms with Gasteiger partial charge in [0.1, 0.15) is 6.33 Å². The molecule has 2 heterocycles. The van der Waals surface area contributed by atoms with Crippen LogP contribution < -0.4 is 4.90 Å². The number of hydrogen-bond donors (Lipinski definition) is 1. The largest absolute Gasteiger partial charge is 0.478 e. The first kappa shape index (κ1) is 13.8. The first-order chi connectivity index (χ1) is 10.1. The van der Waals surface area contributed by atoms with Gasteiger partial charge < -0.3 is 14.6 Å². The third-order valence-corrected chi connectivity index (χ3v) is 3.87. The Morgan fingerprint density at radius 2 is 2.24 bits per heavy atom. The molecule has 3 rings (SSSR count). The molecule has 2 aromatic rings. The summed E-state index contributed by atoms with van der Waals surface area (Å²) in [7, 11) is 0. The Labute approximate surface area is 129 Å². The first-order valence-corrected chi connectivity index (χ1v) is 7.25. The number of aliphatic carboxylic acids is 1. The van der Waals surface area contributed by atoms with Crippen LogP contribution in [0.1, 0.15) is 11.4 Å². The van der Waals surface area contributed by atoms with Crippen LogP contribution in [0.3, 0.4) is 0 Å². The molecule has 0 bridgehead atoms. The fraction of sp³-hybridized carbons (Fsp3) is 0.214. The number of halogens is 1. The number of hydrogen-bond acceptors (Lipinski definition) is 4. The monoisotopic (exact) mass is 348 g/mol. The Hall–Kier alpha value is -2.15. The lowest BCUT2D eigenvalue weighted by Crippen LogP contribution is -2.34. The van der Waals surface area contributed by atoms with Crippen molar-refractivity contribution >= 4 is 33.7 Å². The Morgan fingerprint density at radius 1 is 1.38 bits per heavy atom. The number of benzene rings is 1. The van der Waals surface area contributed by atoms with Crippen LogP contribution in [-0.2, 0) is 17.9 Å². The normalized spacial score (nSPS) is 14.4. The quantitative estimate of drug-likeness (QED) is 0.860. The average molecular weight is 349 g/mol.